The minimum Gasteiger partial charge on any atom is -0.396 e. The maximum Gasteiger partial charge on any atom is 0.0451 e. The minimum atomic E-state index is 0.291. The zero-order valence-electron chi connectivity index (χ0n) is 9.68. The monoisotopic (exact) mass is 317 g/mol. The van der Waals surface area contributed by atoms with Crippen molar-refractivity contribution in [3.05, 3.63) is 33.3 Å². The summed E-state index contributed by atoms with van der Waals surface area (Å²) in [4.78, 5) is 0. The van der Waals surface area contributed by atoms with E-state index in [-0.39, 0.29) is 0 Å². The van der Waals surface area contributed by atoms with E-state index in [0.717, 1.165) is 34.6 Å². The Labute approximate surface area is 115 Å². The Bertz CT molecular complexity index is 393. The van der Waals surface area contributed by atoms with E-state index in [2.05, 4.69) is 21.2 Å². The zero-order valence-corrected chi connectivity index (χ0v) is 12.0. The molecule has 94 valence electrons. The van der Waals surface area contributed by atoms with E-state index in [1.807, 2.05) is 18.2 Å². The van der Waals surface area contributed by atoms with Gasteiger partial charge in [0.1, 0.15) is 0 Å². The summed E-state index contributed by atoms with van der Waals surface area (Å²) >= 11 is 9.57. The van der Waals surface area contributed by atoms with E-state index in [9.17, 15) is 0 Å². The zero-order chi connectivity index (χ0) is 12.3. The molecule has 0 aromatic heterocycles. The molecule has 0 amide bonds. The number of nitrogens with one attached hydrogen (secondary N) is 1. The van der Waals surface area contributed by atoms with Crippen LogP contribution in [0.2, 0.25) is 5.02 Å². The summed E-state index contributed by atoms with van der Waals surface area (Å²) in [6, 6.07) is 5.89. The lowest BCUT2D eigenvalue weighted by Gasteiger charge is -2.15. The van der Waals surface area contributed by atoms with Crippen LogP contribution in [0.3, 0.4) is 0 Å². The van der Waals surface area contributed by atoms with Crippen LogP contribution >= 0.6 is 27.5 Å². The Morgan fingerprint density at radius 1 is 1.41 bits per heavy atom. The Morgan fingerprint density at radius 2 is 2.18 bits per heavy atom. The van der Waals surface area contributed by atoms with Gasteiger partial charge in [-0.25, -0.2) is 0 Å². The van der Waals surface area contributed by atoms with Crippen LogP contribution in [0.4, 0.5) is 0 Å². The first kappa shape index (κ1) is 13.3. The molecule has 1 aromatic rings. The fourth-order valence-corrected chi connectivity index (χ4v) is 2.66. The van der Waals surface area contributed by atoms with Crippen molar-refractivity contribution < 1.29 is 5.11 Å². The molecule has 0 radical (unpaired) electrons. The first-order valence-electron chi connectivity index (χ1n) is 5.91. The molecular formula is C13H17BrClNO. The molecule has 2 N–H and O–H groups in total. The molecule has 0 atom stereocenters. The Hall–Kier alpha value is -0.0900. The third kappa shape index (κ3) is 3.68. The molecule has 1 aromatic carbocycles. The van der Waals surface area contributed by atoms with Gasteiger partial charge in [-0.3, -0.25) is 0 Å². The highest BCUT2D eigenvalue weighted by molar-refractivity contribution is 9.10. The molecule has 1 fully saturated rings. The topological polar surface area (TPSA) is 32.3 Å². The molecule has 0 bridgehead atoms. The highest BCUT2D eigenvalue weighted by Gasteiger charge is 2.41. The smallest absolute Gasteiger partial charge is 0.0451 e. The Morgan fingerprint density at radius 3 is 2.82 bits per heavy atom. The van der Waals surface area contributed by atoms with Crippen molar-refractivity contribution in [3.8, 4) is 0 Å². The Kier molecular flexibility index (Phi) is 4.47. The van der Waals surface area contributed by atoms with Crippen molar-refractivity contribution in [1.82, 2.24) is 5.32 Å². The van der Waals surface area contributed by atoms with E-state index in [1.54, 1.807) is 0 Å². The summed E-state index contributed by atoms with van der Waals surface area (Å²) < 4.78 is 1.05. The van der Waals surface area contributed by atoms with Crippen LogP contribution in [0.1, 0.15) is 24.8 Å². The van der Waals surface area contributed by atoms with Crippen molar-refractivity contribution in [2.45, 2.75) is 25.8 Å². The summed E-state index contributed by atoms with van der Waals surface area (Å²) in [5.41, 5.74) is 1.47. The van der Waals surface area contributed by atoms with Gasteiger partial charge in [0.2, 0.25) is 0 Å². The van der Waals surface area contributed by atoms with Crippen LogP contribution in [0.5, 0.6) is 0 Å². The van der Waals surface area contributed by atoms with Gasteiger partial charge in [0.25, 0.3) is 0 Å². The van der Waals surface area contributed by atoms with Gasteiger partial charge in [-0.15, -0.1) is 0 Å². The summed E-state index contributed by atoms with van der Waals surface area (Å²) in [6.45, 7) is 2.04. The van der Waals surface area contributed by atoms with Crippen LogP contribution in [0.15, 0.2) is 22.7 Å². The molecule has 0 unspecified atom stereocenters. The third-order valence-corrected chi connectivity index (χ3v) is 4.28. The van der Waals surface area contributed by atoms with Crippen molar-refractivity contribution in [2.75, 3.05) is 13.2 Å². The number of halogens is 2. The average Bonchev–Trinajstić information content (AvgIpc) is 3.04. The van der Waals surface area contributed by atoms with Crippen molar-refractivity contribution >= 4 is 27.5 Å². The van der Waals surface area contributed by atoms with Gasteiger partial charge in [-0.1, -0.05) is 27.5 Å². The molecule has 1 saturated carbocycles. The van der Waals surface area contributed by atoms with E-state index in [0.29, 0.717) is 12.0 Å². The standard InChI is InChI=1S/C13H17BrClNO/c14-11-1-2-12(15)10(7-11)8-16-9-13(3-4-13)5-6-17/h1-2,7,16-17H,3-6,8-9H2. The first-order valence-corrected chi connectivity index (χ1v) is 7.08. The fourth-order valence-electron chi connectivity index (χ4n) is 2.07. The number of rotatable bonds is 6. The summed E-state index contributed by atoms with van der Waals surface area (Å²) in [6.07, 6.45) is 3.37. The van der Waals surface area contributed by atoms with Gasteiger partial charge in [0.05, 0.1) is 0 Å². The van der Waals surface area contributed by atoms with Gasteiger partial charge in [0.15, 0.2) is 0 Å². The molecule has 0 heterocycles. The number of aliphatic hydroxyl groups is 1. The Balaban J connectivity index is 1.84. The maximum atomic E-state index is 8.98. The molecule has 1 aliphatic carbocycles. The van der Waals surface area contributed by atoms with Crippen LogP contribution < -0.4 is 5.32 Å². The first-order chi connectivity index (χ1) is 8.15. The van der Waals surface area contributed by atoms with Crippen LogP contribution in [-0.2, 0) is 6.54 Å². The minimum absolute atomic E-state index is 0.291. The molecule has 0 spiro atoms. The molecule has 1 aliphatic rings. The number of aliphatic hydroxyl groups excluding tert-OH is 1. The van der Waals surface area contributed by atoms with Crippen molar-refractivity contribution in [1.29, 1.82) is 0 Å². The predicted molar refractivity (Wildman–Crippen MR) is 74.2 cm³/mol. The van der Waals surface area contributed by atoms with E-state index < -0.39 is 0 Å². The van der Waals surface area contributed by atoms with Gasteiger partial charge in [0, 0.05) is 29.2 Å². The SMILES string of the molecule is OCCC1(CNCc2cc(Br)ccc2Cl)CC1. The lowest BCUT2D eigenvalue weighted by molar-refractivity contribution is 0.245. The van der Waals surface area contributed by atoms with E-state index in [4.69, 9.17) is 16.7 Å². The molecule has 17 heavy (non-hydrogen) atoms. The summed E-state index contributed by atoms with van der Waals surface area (Å²) in [7, 11) is 0. The second-order valence-electron chi connectivity index (χ2n) is 4.81. The lowest BCUT2D eigenvalue weighted by atomic mass is 10.0. The van der Waals surface area contributed by atoms with Crippen LogP contribution in [-0.4, -0.2) is 18.3 Å². The highest BCUT2D eigenvalue weighted by Crippen LogP contribution is 2.47. The maximum absolute atomic E-state index is 8.98. The quantitative estimate of drug-likeness (QED) is 0.843. The number of hydrogen-bond donors (Lipinski definition) is 2. The summed E-state index contributed by atoms with van der Waals surface area (Å²) in [5, 5.41) is 13.2. The predicted octanol–water partition coefficient (Wildman–Crippen LogP) is 3.35. The molecule has 2 nitrogen and oxygen atoms in total. The lowest BCUT2D eigenvalue weighted by Crippen LogP contribution is -2.24. The van der Waals surface area contributed by atoms with E-state index >= 15 is 0 Å². The van der Waals surface area contributed by atoms with Gasteiger partial charge >= 0.3 is 0 Å². The van der Waals surface area contributed by atoms with Gasteiger partial charge in [-0.2, -0.15) is 0 Å². The van der Waals surface area contributed by atoms with Crippen LogP contribution in [0.25, 0.3) is 0 Å². The molecule has 0 saturated heterocycles. The number of benzene rings is 1. The van der Waals surface area contributed by atoms with Crippen LogP contribution in [0, 0.1) is 5.41 Å². The second-order valence-corrected chi connectivity index (χ2v) is 6.14. The molecule has 4 heteroatoms. The van der Waals surface area contributed by atoms with Gasteiger partial charge < -0.3 is 10.4 Å². The van der Waals surface area contributed by atoms with Crippen molar-refractivity contribution in [2.24, 2.45) is 5.41 Å². The summed E-state index contributed by atoms with van der Waals surface area (Å²) in [5.74, 6) is 0. The third-order valence-electron chi connectivity index (χ3n) is 3.42. The van der Waals surface area contributed by atoms with Gasteiger partial charge in [-0.05, 0) is 48.4 Å². The fraction of sp³-hybridized carbons (Fsp3) is 0.538. The van der Waals surface area contributed by atoms with E-state index in [1.165, 1.54) is 12.8 Å². The molecular weight excluding hydrogens is 302 g/mol. The molecule has 0 aliphatic heterocycles. The normalized spacial score (nSPS) is 17.1. The molecule has 2 rings (SSSR count). The van der Waals surface area contributed by atoms with Crippen molar-refractivity contribution in [3.63, 3.8) is 0 Å². The highest BCUT2D eigenvalue weighted by atomic mass is 79.9. The average molecular weight is 319 g/mol. The largest absolute Gasteiger partial charge is 0.396 e. The number of hydrogen-bond acceptors (Lipinski definition) is 2. The second kappa shape index (κ2) is 5.70.